The molecule has 15 heavy (non-hydrogen) atoms. The normalized spacial score (nSPS) is 17.3. The van der Waals surface area contributed by atoms with Crippen LogP contribution in [-0.2, 0) is 19.7 Å². The first-order valence-corrected chi connectivity index (χ1v) is 8.53. The Morgan fingerprint density at radius 1 is 0.800 bits per heavy atom. The molecule has 0 radical (unpaired) electrons. The van der Waals surface area contributed by atoms with E-state index in [-0.39, 0.29) is 0 Å². The SMILES string of the molecule is CCC(C)S(=O)(=O)CS(=O)(=O)C(C)CC. The van der Waals surface area contributed by atoms with Crippen LogP contribution >= 0.6 is 0 Å². The van der Waals surface area contributed by atoms with Gasteiger partial charge in [0, 0.05) is 0 Å². The van der Waals surface area contributed by atoms with Crippen LogP contribution in [-0.4, -0.2) is 32.4 Å². The number of sulfone groups is 2. The van der Waals surface area contributed by atoms with Crippen molar-refractivity contribution in [2.24, 2.45) is 0 Å². The Kier molecular flexibility index (Phi) is 5.26. The van der Waals surface area contributed by atoms with Gasteiger partial charge in [-0.25, -0.2) is 16.8 Å². The molecule has 0 aromatic heterocycles. The Morgan fingerprint density at radius 2 is 1.07 bits per heavy atom. The Labute approximate surface area is 92.9 Å². The third kappa shape index (κ3) is 4.10. The van der Waals surface area contributed by atoms with E-state index < -0.39 is 35.3 Å². The number of hydrogen-bond acceptors (Lipinski definition) is 4. The van der Waals surface area contributed by atoms with E-state index in [4.69, 9.17) is 0 Å². The minimum Gasteiger partial charge on any atom is -0.228 e. The van der Waals surface area contributed by atoms with Crippen molar-refractivity contribution in [2.75, 3.05) is 5.08 Å². The molecule has 0 fully saturated rings. The third-order valence-corrected chi connectivity index (χ3v) is 8.45. The highest BCUT2D eigenvalue weighted by Crippen LogP contribution is 2.14. The predicted octanol–water partition coefficient (Wildman–Crippen LogP) is 1.37. The fourth-order valence-corrected chi connectivity index (χ4v) is 5.68. The minimum absolute atomic E-state index is 0.443. The quantitative estimate of drug-likeness (QED) is 0.720. The summed E-state index contributed by atoms with van der Waals surface area (Å²) < 4.78 is 46.5. The summed E-state index contributed by atoms with van der Waals surface area (Å²) in [5.74, 6) is 0. The summed E-state index contributed by atoms with van der Waals surface area (Å²) in [5.41, 5.74) is 0. The van der Waals surface area contributed by atoms with E-state index in [2.05, 4.69) is 0 Å². The van der Waals surface area contributed by atoms with Crippen molar-refractivity contribution in [1.29, 1.82) is 0 Å². The molecule has 0 spiro atoms. The molecule has 0 heterocycles. The first-order valence-electron chi connectivity index (χ1n) is 5.10. The third-order valence-electron chi connectivity index (χ3n) is 2.70. The Balaban J connectivity index is 4.90. The lowest BCUT2D eigenvalue weighted by Crippen LogP contribution is -2.30. The van der Waals surface area contributed by atoms with Crippen LogP contribution in [0.2, 0.25) is 0 Å². The zero-order valence-electron chi connectivity index (χ0n) is 9.73. The standard InChI is InChI=1S/C9H20O4S2/c1-5-8(3)14(10,11)7-15(12,13)9(4)6-2/h8-9H,5-7H2,1-4H3. The predicted molar refractivity (Wildman–Crippen MR) is 62.2 cm³/mol. The van der Waals surface area contributed by atoms with Crippen molar-refractivity contribution >= 4 is 19.7 Å². The summed E-state index contributed by atoms with van der Waals surface area (Å²) >= 11 is 0. The van der Waals surface area contributed by atoms with Crippen molar-refractivity contribution in [1.82, 2.24) is 0 Å². The smallest absolute Gasteiger partial charge is 0.167 e. The summed E-state index contributed by atoms with van der Waals surface area (Å²) in [7, 11) is -7.02. The van der Waals surface area contributed by atoms with Gasteiger partial charge in [0.2, 0.25) is 0 Å². The van der Waals surface area contributed by atoms with E-state index in [0.717, 1.165) is 0 Å². The fourth-order valence-electron chi connectivity index (χ4n) is 0.969. The van der Waals surface area contributed by atoms with E-state index in [0.29, 0.717) is 12.8 Å². The zero-order chi connectivity index (χ0) is 12.3. The lowest BCUT2D eigenvalue weighted by Gasteiger charge is -2.14. The van der Waals surface area contributed by atoms with Gasteiger partial charge in [0.15, 0.2) is 24.8 Å². The summed E-state index contributed by atoms with van der Waals surface area (Å²) in [6.07, 6.45) is 0.886. The summed E-state index contributed by atoms with van der Waals surface area (Å²) in [5, 5.41) is -1.89. The van der Waals surface area contributed by atoms with Gasteiger partial charge in [0.1, 0.15) is 0 Å². The highest BCUT2D eigenvalue weighted by molar-refractivity contribution is 8.08. The highest BCUT2D eigenvalue weighted by atomic mass is 32.3. The molecule has 2 atom stereocenters. The van der Waals surface area contributed by atoms with Gasteiger partial charge in [-0.2, -0.15) is 0 Å². The van der Waals surface area contributed by atoms with Gasteiger partial charge in [-0.3, -0.25) is 0 Å². The second-order valence-corrected chi connectivity index (χ2v) is 9.09. The zero-order valence-corrected chi connectivity index (χ0v) is 11.4. The maximum absolute atomic E-state index is 11.6. The van der Waals surface area contributed by atoms with Crippen LogP contribution in [0.5, 0.6) is 0 Å². The summed E-state index contributed by atoms with van der Waals surface area (Å²) in [6.45, 7) is 6.55. The van der Waals surface area contributed by atoms with Gasteiger partial charge >= 0.3 is 0 Å². The van der Waals surface area contributed by atoms with E-state index in [1.54, 1.807) is 27.7 Å². The average Bonchev–Trinajstić information content (AvgIpc) is 2.13. The van der Waals surface area contributed by atoms with Crippen LogP contribution < -0.4 is 0 Å². The second-order valence-electron chi connectivity index (χ2n) is 3.88. The number of hydrogen-bond donors (Lipinski definition) is 0. The lowest BCUT2D eigenvalue weighted by atomic mass is 10.4. The average molecular weight is 256 g/mol. The molecule has 0 N–H and O–H groups in total. The molecule has 0 rings (SSSR count). The molecule has 0 amide bonds. The molecule has 0 bridgehead atoms. The minimum atomic E-state index is -3.51. The van der Waals surface area contributed by atoms with Gasteiger partial charge in [-0.05, 0) is 26.7 Å². The largest absolute Gasteiger partial charge is 0.228 e. The lowest BCUT2D eigenvalue weighted by molar-refractivity contribution is 0.572. The molecular formula is C9H20O4S2. The molecule has 2 unspecified atom stereocenters. The molecule has 0 aromatic rings. The van der Waals surface area contributed by atoms with E-state index >= 15 is 0 Å². The van der Waals surface area contributed by atoms with E-state index in [9.17, 15) is 16.8 Å². The van der Waals surface area contributed by atoms with Crippen LogP contribution in [0.4, 0.5) is 0 Å². The fraction of sp³-hybridized carbons (Fsp3) is 1.00. The molecule has 92 valence electrons. The van der Waals surface area contributed by atoms with Crippen LogP contribution in [0.15, 0.2) is 0 Å². The maximum Gasteiger partial charge on any atom is 0.167 e. The topological polar surface area (TPSA) is 68.3 Å². The maximum atomic E-state index is 11.6. The van der Waals surface area contributed by atoms with Crippen LogP contribution in [0, 0.1) is 0 Å². The Bertz CT molecular complexity index is 342. The van der Waals surface area contributed by atoms with Crippen molar-refractivity contribution in [3.8, 4) is 0 Å². The summed E-state index contributed by atoms with van der Waals surface area (Å²) in [4.78, 5) is 0. The summed E-state index contributed by atoms with van der Waals surface area (Å²) in [6, 6.07) is 0. The molecule has 0 aliphatic rings. The molecule has 0 saturated heterocycles. The number of rotatable bonds is 6. The first-order chi connectivity index (χ1) is 6.67. The Hall–Kier alpha value is -0.100. The highest BCUT2D eigenvalue weighted by Gasteiger charge is 2.29. The van der Waals surface area contributed by atoms with Crippen molar-refractivity contribution in [3.05, 3.63) is 0 Å². The molecule has 0 aliphatic carbocycles. The monoisotopic (exact) mass is 256 g/mol. The first kappa shape index (κ1) is 14.9. The van der Waals surface area contributed by atoms with Crippen molar-refractivity contribution < 1.29 is 16.8 Å². The van der Waals surface area contributed by atoms with Gasteiger partial charge in [-0.15, -0.1) is 0 Å². The van der Waals surface area contributed by atoms with Crippen molar-refractivity contribution in [3.63, 3.8) is 0 Å². The van der Waals surface area contributed by atoms with Gasteiger partial charge < -0.3 is 0 Å². The molecule has 0 aliphatic heterocycles. The van der Waals surface area contributed by atoms with E-state index in [1.807, 2.05) is 0 Å². The van der Waals surface area contributed by atoms with Gasteiger partial charge in [0.05, 0.1) is 10.5 Å². The van der Waals surface area contributed by atoms with Crippen LogP contribution in [0.25, 0.3) is 0 Å². The van der Waals surface area contributed by atoms with Gasteiger partial charge in [-0.1, -0.05) is 13.8 Å². The van der Waals surface area contributed by atoms with Crippen LogP contribution in [0.3, 0.4) is 0 Å². The van der Waals surface area contributed by atoms with E-state index in [1.165, 1.54) is 0 Å². The Morgan fingerprint density at radius 3 is 1.27 bits per heavy atom. The molecule has 0 saturated carbocycles. The molecular weight excluding hydrogens is 236 g/mol. The van der Waals surface area contributed by atoms with Gasteiger partial charge in [0.25, 0.3) is 0 Å². The molecule has 0 aromatic carbocycles. The van der Waals surface area contributed by atoms with Crippen LogP contribution in [0.1, 0.15) is 40.5 Å². The molecule has 4 nitrogen and oxygen atoms in total. The molecule has 6 heteroatoms. The second kappa shape index (κ2) is 5.30. The van der Waals surface area contributed by atoms with Crippen molar-refractivity contribution in [2.45, 2.75) is 51.0 Å².